The number of aliphatic hydroxyl groups excluding tert-OH is 1. The highest BCUT2D eigenvalue weighted by atomic mass is 16.6. The third kappa shape index (κ3) is 4.06. The lowest BCUT2D eigenvalue weighted by Crippen LogP contribution is -2.49. The van der Waals surface area contributed by atoms with Gasteiger partial charge >= 0.3 is 6.09 Å². The summed E-state index contributed by atoms with van der Waals surface area (Å²) in [5.74, 6) is 0.235. The molecule has 2 fully saturated rings. The number of nitrogens with one attached hydrogen (secondary N) is 1. The van der Waals surface area contributed by atoms with Crippen LogP contribution in [0.1, 0.15) is 38.5 Å². The van der Waals surface area contributed by atoms with Gasteiger partial charge in [-0.25, -0.2) is 4.79 Å². The molecule has 2 atom stereocenters. The molecule has 3 rings (SSSR count). The van der Waals surface area contributed by atoms with Crippen LogP contribution in [0.25, 0.3) is 0 Å². The Balaban J connectivity index is 1.62. The minimum absolute atomic E-state index is 0.119. The molecule has 6 nitrogen and oxygen atoms in total. The molecule has 2 N–H and O–H groups in total. The molecule has 1 aliphatic carbocycles. The summed E-state index contributed by atoms with van der Waals surface area (Å²) in [7, 11) is 0. The fourth-order valence-corrected chi connectivity index (χ4v) is 3.46. The number of aliphatic hydroxyl groups is 1. The number of carbonyl (C=O) groups is 2. The van der Waals surface area contributed by atoms with Crippen LogP contribution in [-0.2, 0) is 4.79 Å². The van der Waals surface area contributed by atoms with Gasteiger partial charge in [0.25, 0.3) is 0 Å². The number of likely N-dealkylation sites (tertiary alicyclic amines) is 1. The number of hydrogen-bond donors (Lipinski definition) is 2. The highest BCUT2D eigenvalue weighted by Gasteiger charge is 2.40. The molecule has 1 aromatic carbocycles. The van der Waals surface area contributed by atoms with Gasteiger partial charge in [0.05, 0.1) is 12.6 Å². The lowest BCUT2D eigenvalue weighted by molar-refractivity contribution is -0.125. The zero-order chi connectivity index (χ0) is 16.9. The van der Waals surface area contributed by atoms with Crippen molar-refractivity contribution < 1.29 is 19.4 Å². The molecule has 1 saturated carbocycles. The quantitative estimate of drug-likeness (QED) is 0.888. The van der Waals surface area contributed by atoms with Crippen molar-refractivity contribution in [1.82, 2.24) is 10.2 Å². The first-order valence-corrected chi connectivity index (χ1v) is 8.65. The first kappa shape index (κ1) is 16.8. The average Bonchev–Trinajstić information content (AvgIpc) is 2.99. The Bertz CT molecular complexity index is 572. The van der Waals surface area contributed by atoms with Gasteiger partial charge in [0, 0.05) is 12.5 Å². The smallest absolute Gasteiger partial charge is 0.410 e. The SMILES string of the molecule is O=C(NC1CCCCC1)[C@H]1C[C@H](O)CN1C(=O)Oc1ccccc1. The van der Waals surface area contributed by atoms with E-state index in [1.165, 1.54) is 11.3 Å². The zero-order valence-corrected chi connectivity index (χ0v) is 13.7. The van der Waals surface area contributed by atoms with Crippen LogP contribution in [0.2, 0.25) is 0 Å². The van der Waals surface area contributed by atoms with E-state index in [4.69, 9.17) is 4.74 Å². The number of ether oxygens (including phenoxy) is 1. The van der Waals surface area contributed by atoms with Gasteiger partial charge in [-0.05, 0) is 25.0 Å². The number of amides is 2. The van der Waals surface area contributed by atoms with E-state index >= 15 is 0 Å². The van der Waals surface area contributed by atoms with Crippen molar-refractivity contribution in [3.05, 3.63) is 30.3 Å². The Morgan fingerprint density at radius 2 is 1.83 bits per heavy atom. The van der Waals surface area contributed by atoms with Crippen molar-refractivity contribution in [3.8, 4) is 5.75 Å². The Labute approximate surface area is 141 Å². The number of hydrogen-bond acceptors (Lipinski definition) is 4. The van der Waals surface area contributed by atoms with Gasteiger partial charge in [0.2, 0.25) is 5.91 Å². The Hall–Kier alpha value is -2.08. The standard InChI is InChI=1S/C18H24N2O4/c21-14-11-16(17(22)19-13-7-3-1-4-8-13)20(12-14)18(23)24-15-9-5-2-6-10-15/h2,5-6,9-10,13-14,16,21H,1,3-4,7-8,11-12H2,(H,19,22)/t14-,16+/m0/s1. The predicted molar refractivity (Wildman–Crippen MR) is 88.6 cm³/mol. The van der Waals surface area contributed by atoms with E-state index in [2.05, 4.69) is 5.32 Å². The highest BCUT2D eigenvalue weighted by Crippen LogP contribution is 2.22. The number of nitrogens with zero attached hydrogens (tertiary/aromatic N) is 1. The highest BCUT2D eigenvalue weighted by molar-refractivity contribution is 5.87. The van der Waals surface area contributed by atoms with Crippen LogP contribution in [0.15, 0.2) is 30.3 Å². The number of para-hydroxylation sites is 1. The second-order valence-electron chi connectivity index (χ2n) is 6.58. The van der Waals surface area contributed by atoms with Gasteiger partial charge < -0.3 is 15.2 Å². The second kappa shape index (κ2) is 7.66. The van der Waals surface area contributed by atoms with E-state index in [0.29, 0.717) is 5.75 Å². The van der Waals surface area contributed by atoms with E-state index in [1.54, 1.807) is 24.3 Å². The van der Waals surface area contributed by atoms with Crippen molar-refractivity contribution in [2.75, 3.05) is 6.54 Å². The third-order valence-corrected chi connectivity index (χ3v) is 4.72. The molecule has 1 aliphatic heterocycles. The van der Waals surface area contributed by atoms with Crippen LogP contribution >= 0.6 is 0 Å². The molecule has 24 heavy (non-hydrogen) atoms. The van der Waals surface area contributed by atoms with E-state index in [-0.39, 0.29) is 24.9 Å². The molecular formula is C18H24N2O4. The summed E-state index contributed by atoms with van der Waals surface area (Å²) in [5.41, 5.74) is 0. The molecule has 1 heterocycles. The fourth-order valence-electron chi connectivity index (χ4n) is 3.46. The molecular weight excluding hydrogens is 308 g/mol. The topological polar surface area (TPSA) is 78.9 Å². The Morgan fingerprint density at radius 1 is 1.12 bits per heavy atom. The molecule has 1 saturated heterocycles. The fraction of sp³-hybridized carbons (Fsp3) is 0.556. The number of benzene rings is 1. The summed E-state index contributed by atoms with van der Waals surface area (Å²) in [6, 6.07) is 8.25. The monoisotopic (exact) mass is 332 g/mol. The van der Waals surface area contributed by atoms with E-state index in [9.17, 15) is 14.7 Å². The molecule has 0 spiro atoms. The molecule has 1 aromatic rings. The van der Waals surface area contributed by atoms with Crippen molar-refractivity contribution in [3.63, 3.8) is 0 Å². The molecule has 0 aromatic heterocycles. The number of β-amino-alcohol motifs (C(OH)–C–C–N with tert-alkyl or cyclic N) is 1. The third-order valence-electron chi connectivity index (χ3n) is 4.72. The summed E-state index contributed by atoms with van der Waals surface area (Å²) in [6.07, 6.45) is 4.38. The minimum atomic E-state index is -0.699. The molecule has 0 bridgehead atoms. The molecule has 6 heteroatoms. The van der Waals surface area contributed by atoms with Crippen LogP contribution in [0.5, 0.6) is 5.75 Å². The second-order valence-corrected chi connectivity index (χ2v) is 6.58. The summed E-state index contributed by atoms with van der Waals surface area (Å²) in [5, 5.41) is 12.9. The van der Waals surface area contributed by atoms with Gasteiger partial charge in [-0.1, -0.05) is 37.5 Å². The van der Waals surface area contributed by atoms with Crippen LogP contribution in [0.4, 0.5) is 4.79 Å². The van der Waals surface area contributed by atoms with Crippen molar-refractivity contribution in [2.45, 2.75) is 56.7 Å². The average molecular weight is 332 g/mol. The van der Waals surface area contributed by atoms with Gasteiger partial charge in [-0.15, -0.1) is 0 Å². The Morgan fingerprint density at radius 3 is 2.54 bits per heavy atom. The molecule has 2 amide bonds. The van der Waals surface area contributed by atoms with Gasteiger partial charge in [-0.2, -0.15) is 0 Å². The maximum Gasteiger partial charge on any atom is 0.416 e. The van der Waals surface area contributed by atoms with Crippen LogP contribution in [-0.4, -0.2) is 46.7 Å². The Kier molecular flexibility index (Phi) is 5.35. The van der Waals surface area contributed by atoms with Crippen molar-refractivity contribution in [2.24, 2.45) is 0 Å². The van der Waals surface area contributed by atoms with Gasteiger partial charge in [0.1, 0.15) is 11.8 Å². The van der Waals surface area contributed by atoms with Gasteiger partial charge in [0.15, 0.2) is 0 Å². The summed E-state index contributed by atoms with van der Waals surface area (Å²) >= 11 is 0. The summed E-state index contributed by atoms with van der Waals surface area (Å²) in [4.78, 5) is 26.3. The maximum atomic E-state index is 12.6. The van der Waals surface area contributed by atoms with Crippen LogP contribution < -0.4 is 10.1 Å². The van der Waals surface area contributed by atoms with E-state index < -0.39 is 18.2 Å². The largest absolute Gasteiger partial charge is 0.416 e. The van der Waals surface area contributed by atoms with Crippen LogP contribution in [0.3, 0.4) is 0 Å². The minimum Gasteiger partial charge on any atom is -0.410 e. The predicted octanol–water partition coefficient (Wildman–Crippen LogP) is 2.07. The lowest BCUT2D eigenvalue weighted by atomic mass is 9.95. The van der Waals surface area contributed by atoms with E-state index in [1.807, 2.05) is 6.07 Å². The van der Waals surface area contributed by atoms with Crippen molar-refractivity contribution >= 4 is 12.0 Å². The van der Waals surface area contributed by atoms with Crippen molar-refractivity contribution in [1.29, 1.82) is 0 Å². The van der Waals surface area contributed by atoms with Crippen LogP contribution in [0, 0.1) is 0 Å². The summed E-state index contributed by atoms with van der Waals surface area (Å²) < 4.78 is 5.31. The van der Waals surface area contributed by atoms with E-state index in [0.717, 1.165) is 25.7 Å². The maximum absolute atomic E-state index is 12.6. The molecule has 2 aliphatic rings. The lowest BCUT2D eigenvalue weighted by Gasteiger charge is -2.27. The number of rotatable bonds is 3. The zero-order valence-electron chi connectivity index (χ0n) is 13.7. The molecule has 0 unspecified atom stereocenters. The molecule has 0 radical (unpaired) electrons. The first-order valence-electron chi connectivity index (χ1n) is 8.65. The first-order chi connectivity index (χ1) is 11.6. The number of carbonyl (C=O) groups excluding carboxylic acids is 2. The summed E-state index contributed by atoms with van der Waals surface area (Å²) in [6.45, 7) is 0.119. The van der Waals surface area contributed by atoms with Gasteiger partial charge in [-0.3, -0.25) is 9.69 Å². The normalized spacial score (nSPS) is 24.6. The molecule has 130 valence electrons.